The first-order chi connectivity index (χ1) is 11.1. The fourth-order valence-electron chi connectivity index (χ4n) is 2.35. The largest absolute Gasteiger partial charge is 0.370 e. The zero-order valence-corrected chi connectivity index (χ0v) is 14.3. The summed E-state index contributed by atoms with van der Waals surface area (Å²) >= 11 is 5.83. The highest BCUT2D eigenvalue weighted by atomic mass is 35.5. The number of nitrogens with one attached hydrogen (secondary N) is 1. The minimum Gasteiger partial charge on any atom is -0.370 e. The van der Waals surface area contributed by atoms with Crippen LogP contribution in [0, 0.1) is 0 Å². The molecule has 1 heterocycles. The quantitative estimate of drug-likeness (QED) is 0.805. The molecule has 5 heteroatoms. The molecule has 0 saturated heterocycles. The van der Waals surface area contributed by atoms with Crippen LogP contribution in [0.4, 0.5) is 11.4 Å². The number of amides is 1. The van der Waals surface area contributed by atoms with Crippen molar-refractivity contribution >= 4 is 28.9 Å². The van der Waals surface area contributed by atoms with Gasteiger partial charge in [0.05, 0.1) is 11.9 Å². The van der Waals surface area contributed by atoms with Crippen molar-refractivity contribution in [3.8, 4) is 0 Å². The second-order valence-corrected chi connectivity index (χ2v) is 5.79. The highest BCUT2D eigenvalue weighted by molar-refractivity contribution is 6.30. The lowest BCUT2D eigenvalue weighted by Gasteiger charge is -2.23. The van der Waals surface area contributed by atoms with Crippen LogP contribution in [0.3, 0.4) is 0 Å². The van der Waals surface area contributed by atoms with Crippen molar-refractivity contribution in [2.75, 3.05) is 23.3 Å². The fraction of sp³-hybridized carbons (Fsp3) is 0.333. The van der Waals surface area contributed by atoms with Crippen LogP contribution in [0.2, 0.25) is 5.02 Å². The maximum absolute atomic E-state index is 12.2. The molecule has 1 amide bonds. The van der Waals surface area contributed by atoms with E-state index < -0.39 is 0 Å². The third-order valence-corrected chi connectivity index (χ3v) is 3.69. The van der Waals surface area contributed by atoms with Crippen molar-refractivity contribution < 1.29 is 4.79 Å². The zero-order valence-electron chi connectivity index (χ0n) is 13.6. The molecule has 0 radical (unpaired) electrons. The van der Waals surface area contributed by atoms with Crippen LogP contribution in [0.1, 0.15) is 37.2 Å². The van der Waals surface area contributed by atoms with Gasteiger partial charge in [-0.2, -0.15) is 0 Å². The summed E-state index contributed by atoms with van der Waals surface area (Å²) < 4.78 is 0. The minimum absolute atomic E-state index is 0.226. The summed E-state index contributed by atoms with van der Waals surface area (Å²) in [7, 11) is 0. The van der Waals surface area contributed by atoms with Gasteiger partial charge >= 0.3 is 0 Å². The van der Waals surface area contributed by atoms with E-state index >= 15 is 0 Å². The van der Waals surface area contributed by atoms with Gasteiger partial charge in [-0.1, -0.05) is 25.4 Å². The Kier molecular flexibility index (Phi) is 6.41. The molecular formula is C18H22ClN3O. The number of carbonyl (C=O) groups excluding carboxylic acids is 1. The van der Waals surface area contributed by atoms with Crippen LogP contribution >= 0.6 is 11.6 Å². The molecule has 0 aliphatic rings. The molecule has 122 valence electrons. The molecule has 0 spiro atoms. The summed E-state index contributed by atoms with van der Waals surface area (Å²) in [5.74, 6) is -0.226. The van der Waals surface area contributed by atoms with Gasteiger partial charge in [-0.15, -0.1) is 0 Å². The third-order valence-electron chi connectivity index (χ3n) is 3.43. The SMILES string of the molecule is CCCN(CCC)c1ccc(C(=O)Nc2ccc(Cl)cc2)nc1. The fourth-order valence-corrected chi connectivity index (χ4v) is 2.47. The van der Waals surface area contributed by atoms with Crippen molar-refractivity contribution in [3.63, 3.8) is 0 Å². The molecule has 0 saturated carbocycles. The predicted octanol–water partition coefficient (Wildman–Crippen LogP) is 4.61. The van der Waals surface area contributed by atoms with Gasteiger partial charge in [-0.25, -0.2) is 4.98 Å². The lowest BCUT2D eigenvalue weighted by atomic mass is 10.2. The second-order valence-electron chi connectivity index (χ2n) is 5.35. The average Bonchev–Trinajstić information content (AvgIpc) is 2.57. The van der Waals surface area contributed by atoms with E-state index in [0.717, 1.165) is 31.6 Å². The van der Waals surface area contributed by atoms with Crippen LogP contribution < -0.4 is 10.2 Å². The Labute approximate surface area is 142 Å². The van der Waals surface area contributed by atoms with E-state index in [4.69, 9.17) is 11.6 Å². The van der Waals surface area contributed by atoms with Gasteiger partial charge in [-0.3, -0.25) is 4.79 Å². The van der Waals surface area contributed by atoms with Crippen LogP contribution in [0.5, 0.6) is 0 Å². The number of hydrogen-bond acceptors (Lipinski definition) is 3. The highest BCUT2D eigenvalue weighted by Crippen LogP contribution is 2.16. The first kappa shape index (κ1) is 17.3. The summed E-state index contributed by atoms with van der Waals surface area (Å²) in [6, 6.07) is 10.7. The predicted molar refractivity (Wildman–Crippen MR) is 96.4 cm³/mol. The van der Waals surface area contributed by atoms with E-state index in [2.05, 4.69) is 29.0 Å². The summed E-state index contributed by atoms with van der Waals surface area (Å²) in [6.45, 7) is 6.30. The van der Waals surface area contributed by atoms with Gasteiger partial charge in [0, 0.05) is 23.8 Å². The molecular weight excluding hydrogens is 310 g/mol. The molecule has 0 aliphatic carbocycles. The maximum atomic E-state index is 12.2. The van der Waals surface area contributed by atoms with E-state index in [1.165, 1.54) is 0 Å². The third kappa shape index (κ3) is 4.96. The van der Waals surface area contributed by atoms with Gasteiger partial charge in [0.1, 0.15) is 5.69 Å². The molecule has 2 aromatic rings. The van der Waals surface area contributed by atoms with Gasteiger partial charge in [-0.05, 0) is 49.2 Å². The summed E-state index contributed by atoms with van der Waals surface area (Å²) in [4.78, 5) is 18.8. The number of rotatable bonds is 7. The van der Waals surface area contributed by atoms with Crippen molar-refractivity contribution in [3.05, 3.63) is 53.3 Å². The van der Waals surface area contributed by atoms with Crippen molar-refractivity contribution in [2.24, 2.45) is 0 Å². The molecule has 1 aromatic heterocycles. The van der Waals surface area contributed by atoms with E-state index in [0.29, 0.717) is 16.4 Å². The molecule has 1 N–H and O–H groups in total. The molecule has 23 heavy (non-hydrogen) atoms. The van der Waals surface area contributed by atoms with Crippen LogP contribution in [0.15, 0.2) is 42.6 Å². The number of halogens is 1. The highest BCUT2D eigenvalue weighted by Gasteiger charge is 2.10. The average molecular weight is 332 g/mol. The number of anilines is 2. The van der Waals surface area contributed by atoms with E-state index in [1.54, 1.807) is 36.5 Å². The molecule has 0 aliphatic heterocycles. The Morgan fingerprint density at radius 3 is 2.26 bits per heavy atom. The standard InChI is InChI=1S/C18H22ClN3O/c1-3-11-22(12-4-2)16-9-10-17(20-13-16)18(23)21-15-7-5-14(19)6-8-15/h5-10,13H,3-4,11-12H2,1-2H3,(H,21,23). The molecule has 1 aromatic carbocycles. The smallest absolute Gasteiger partial charge is 0.274 e. The van der Waals surface area contributed by atoms with Gasteiger partial charge < -0.3 is 10.2 Å². The molecule has 0 fully saturated rings. The summed E-state index contributed by atoms with van der Waals surface area (Å²) in [5.41, 5.74) is 2.15. The van der Waals surface area contributed by atoms with Crippen molar-refractivity contribution in [1.82, 2.24) is 4.98 Å². The minimum atomic E-state index is -0.226. The number of aromatic nitrogens is 1. The molecule has 2 rings (SSSR count). The monoisotopic (exact) mass is 331 g/mol. The molecule has 4 nitrogen and oxygen atoms in total. The van der Waals surface area contributed by atoms with E-state index in [-0.39, 0.29) is 5.91 Å². The van der Waals surface area contributed by atoms with E-state index in [1.807, 2.05) is 6.07 Å². The number of pyridine rings is 1. The first-order valence-electron chi connectivity index (χ1n) is 7.92. The van der Waals surface area contributed by atoms with Gasteiger partial charge in [0.2, 0.25) is 0 Å². The Balaban J connectivity index is 2.05. The number of hydrogen-bond donors (Lipinski definition) is 1. The lowest BCUT2D eigenvalue weighted by molar-refractivity contribution is 0.102. The topological polar surface area (TPSA) is 45.2 Å². The van der Waals surface area contributed by atoms with Crippen LogP contribution in [-0.4, -0.2) is 24.0 Å². The summed E-state index contributed by atoms with van der Waals surface area (Å²) in [5, 5.41) is 3.45. The first-order valence-corrected chi connectivity index (χ1v) is 8.29. The van der Waals surface area contributed by atoms with Crippen molar-refractivity contribution in [2.45, 2.75) is 26.7 Å². The number of nitrogens with zero attached hydrogens (tertiary/aromatic N) is 2. The Morgan fingerprint density at radius 2 is 1.74 bits per heavy atom. The van der Waals surface area contributed by atoms with Crippen LogP contribution in [-0.2, 0) is 0 Å². The zero-order chi connectivity index (χ0) is 16.7. The van der Waals surface area contributed by atoms with E-state index in [9.17, 15) is 4.79 Å². The Hall–Kier alpha value is -2.07. The maximum Gasteiger partial charge on any atom is 0.274 e. The van der Waals surface area contributed by atoms with Crippen molar-refractivity contribution in [1.29, 1.82) is 0 Å². The Morgan fingerprint density at radius 1 is 1.09 bits per heavy atom. The normalized spacial score (nSPS) is 10.4. The number of carbonyl (C=O) groups is 1. The molecule has 0 bridgehead atoms. The van der Waals surface area contributed by atoms with Crippen LogP contribution in [0.25, 0.3) is 0 Å². The number of benzene rings is 1. The lowest BCUT2D eigenvalue weighted by Crippen LogP contribution is -2.25. The van der Waals surface area contributed by atoms with Gasteiger partial charge in [0.25, 0.3) is 5.91 Å². The molecule has 0 atom stereocenters. The second kappa shape index (κ2) is 8.53. The molecule has 0 unspecified atom stereocenters. The Bertz CT molecular complexity index is 620. The van der Waals surface area contributed by atoms with Gasteiger partial charge in [0.15, 0.2) is 0 Å². The summed E-state index contributed by atoms with van der Waals surface area (Å²) in [6.07, 6.45) is 3.93.